The van der Waals surface area contributed by atoms with Crippen molar-refractivity contribution in [2.24, 2.45) is 5.73 Å². The standard InChI is InChI=1S/C9H14F2INS/c1-14(2,10,11,12)9-5-3-8(7-13)4-6-9/h3-6H,7,13H2,1-2H3. The average Bonchev–Trinajstić information content (AvgIpc) is 2.01. The van der Waals surface area contributed by atoms with Crippen molar-refractivity contribution in [3.05, 3.63) is 29.8 Å². The molecule has 0 unspecified atom stereocenters. The van der Waals surface area contributed by atoms with Crippen molar-refractivity contribution >= 4 is 27.4 Å². The first-order valence-corrected chi connectivity index (χ1v) is 9.68. The minimum absolute atomic E-state index is 0.0998. The Labute approximate surface area is 94.5 Å². The van der Waals surface area contributed by atoms with Crippen molar-refractivity contribution in [3.63, 3.8) is 0 Å². The highest BCUT2D eigenvalue weighted by molar-refractivity contribution is 14.2. The molecule has 0 heterocycles. The Balaban J connectivity index is 3.24. The Kier molecular flexibility index (Phi) is 2.46. The average molecular weight is 333 g/mol. The molecule has 0 amide bonds. The summed E-state index contributed by atoms with van der Waals surface area (Å²) in [7, 11) is 0. The summed E-state index contributed by atoms with van der Waals surface area (Å²) in [5.41, 5.74) is 6.26. The van der Waals surface area contributed by atoms with Crippen molar-refractivity contribution in [2.45, 2.75) is 11.4 Å². The lowest BCUT2D eigenvalue weighted by molar-refractivity contribution is 0.717. The fourth-order valence-corrected chi connectivity index (χ4v) is 2.92. The Morgan fingerprint density at radius 3 is 1.93 bits per heavy atom. The lowest BCUT2D eigenvalue weighted by atomic mass is 10.2. The summed E-state index contributed by atoms with van der Waals surface area (Å²) in [5, 5.41) is 0. The van der Waals surface area contributed by atoms with Crippen LogP contribution in [0.15, 0.2) is 29.2 Å². The quantitative estimate of drug-likeness (QED) is 0.820. The fourth-order valence-electron chi connectivity index (χ4n) is 1.05. The molecule has 0 atom stereocenters. The van der Waals surface area contributed by atoms with Crippen molar-refractivity contribution in [1.82, 2.24) is 0 Å². The summed E-state index contributed by atoms with van der Waals surface area (Å²) in [6.45, 7) is 0.379. The molecule has 0 radical (unpaired) electrons. The van der Waals surface area contributed by atoms with Crippen LogP contribution in [0, 0.1) is 0 Å². The lowest BCUT2D eigenvalue weighted by Crippen LogP contribution is -2.13. The molecule has 0 bridgehead atoms. The van der Waals surface area contributed by atoms with Gasteiger partial charge in [0, 0.05) is 51.4 Å². The fraction of sp³-hybridized carbons (Fsp3) is 0.333. The molecule has 0 aliphatic rings. The zero-order chi connectivity index (χ0) is 11.1. The number of hydrogen-bond donors (Lipinski definition) is 1. The Bertz CT molecular complexity index is 340. The zero-order valence-corrected chi connectivity index (χ0v) is 11.1. The van der Waals surface area contributed by atoms with Crippen molar-refractivity contribution in [2.75, 3.05) is 12.5 Å². The van der Waals surface area contributed by atoms with Gasteiger partial charge in [0.1, 0.15) is 0 Å². The third-order valence-corrected chi connectivity index (χ3v) is 5.17. The summed E-state index contributed by atoms with van der Waals surface area (Å²) >= 11 is 1.29. The summed E-state index contributed by atoms with van der Waals surface area (Å²) in [4.78, 5) is 0.0998. The Hall–Kier alpha value is 0.120. The Morgan fingerprint density at radius 1 is 1.21 bits per heavy atom. The normalized spacial score (nSPS) is 17.3. The third kappa shape index (κ3) is 3.06. The van der Waals surface area contributed by atoms with Crippen LogP contribution < -0.4 is 5.73 Å². The molecule has 0 saturated carbocycles. The first-order chi connectivity index (χ1) is 6.03. The van der Waals surface area contributed by atoms with Gasteiger partial charge < -0.3 is 5.73 Å². The molecule has 0 aliphatic heterocycles. The second-order valence-corrected chi connectivity index (χ2v) is 17.4. The summed E-state index contributed by atoms with van der Waals surface area (Å²) < 4.78 is 28.3. The molecule has 0 aliphatic carbocycles. The molecule has 14 heavy (non-hydrogen) atoms. The van der Waals surface area contributed by atoms with Crippen LogP contribution in [0.1, 0.15) is 5.56 Å². The van der Waals surface area contributed by atoms with Crippen LogP contribution in [0.2, 0.25) is 0 Å². The number of benzene rings is 1. The molecule has 0 spiro atoms. The van der Waals surface area contributed by atoms with Crippen LogP contribution >= 0.6 is 27.4 Å². The van der Waals surface area contributed by atoms with Gasteiger partial charge in [0.25, 0.3) is 0 Å². The van der Waals surface area contributed by atoms with Gasteiger partial charge in [-0.25, -0.2) is 0 Å². The largest absolute Gasteiger partial charge is 0.326 e. The zero-order valence-electron chi connectivity index (χ0n) is 8.14. The van der Waals surface area contributed by atoms with Gasteiger partial charge >= 0.3 is 0 Å². The van der Waals surface area contributed by atoms with E-state index in [1.54, 1.807) is 12.1 Å². The maximum atomic E-state index is 14.1. The van der Waals surface area contributed by atoms with E-state index >= 15 is 0 Å². The van der Waals surface area contributed by atoms with Crippen LogP contribution in [-0.4, -0.2) is 12.5 Å². The first kappa shape index (κ1) is 12.2. The second kappa shape index (κ2) is 2.82. The third-order valence-electron chi connectivity index (χ3n) is 1.90. The lowest BCUT2D eigenvalue weighted by Gasteiger charge is -2.53. The van der Waals surface area contributed by atoms with Crippen LogP contribution in [0.25, 0.3) is 0 Å². The summed E-state index contributed by atoms with van der Waals surface area (Å²) in [6, 6.07) is 6.24. The van der Waals surface area contributed by atoms with Gasteiger partial charge in [0.05, 0.1) is 0 Å². The predicted octanol–water partition coefficient (Wildman–Crippen LogP) is 3.76. The highest BCUT2D eigenvalue weighted by atomic mass is 127. The molecule has 1 rings (SSSR count). The number of nitrogens with two attached hydrogens (primary N) is 1. The number of rotatable bonds is 2. The number of halogens is 3. The SMILES string of the molecule is CS(C)(F)(F)(I)c1ccc(CN)cc1. The maximum Gasteiger partial charge on any atom is 0.0327 e. The van der Waals surface area contributed by atoms with E-state index in [0.29, 0.717) is 6.54 Å². The van der Waals surface area contributed by atoms with Crippen LogP contribution in [-0.2, 0) is 6.54 Å². The van der Waals surface area contributed by atoms with Gasteiger partial charge in [0.15, 0.2) is 0 Å². The molecule has 0 fully saturated rings. The van der Waals surface area contributed by atoms with Gasteiger partial charge in [0.2, 0.25) is 0 Å². The van der Waals surface area contributed by atoms with E-state index in [2.05, 4.69) is 0 Å². The minimum Gasteiger partial charge on any atom is -0.326 e. The second-order valence-electron chi connectivity index (χ2n) is 4.00. The van der Waals surface area contributed by atoms with E-state index in [1.807, 2.05) is 0 Å². The van der Waals surface area contributed by atoms with Crippen LogP contribution in [0.3, 0.4) is 0 Å². The van der Waals surface area contributed by atoms with E-state index in [1.165, 1.54) is 33.3 Å². The Morgan fingerprint density at radius 2 is 1.64 bits per heavy atom. The van der Waals surface area contributed by atoms with Gasteiger partial charge in [-0.15, -0.1) is 0 Å². The molecule has 82 valence electrons. The molecule has 2 N–H and O–H groups in total. The molecule has 1 nitrogen and oxygen atoms in total. The minimum atomic E-state index is -5.04. The maximum absolute atomic E-state index is 14.1. The number of hydrogen-bond acceptors (Lipinski definition) is 1. The molecular formula is C9H14F2INS. The van der Waals surface area contributed by atoms with Crippen LogP contribution in [0.4, 0.5) is 7.77 Å². The summed E-state index contributed by atoms with van der Waals surface area (Å²) in [6.07, 6.45) is -2.99. The van der Waals surface area contributed by atoms with Crippen molar-refractivity contribution in [3.8, 4) is 0 Å². The molecular weight excluding hydrogens is 319 g/mol. The molecule has 1 aromatic carbocycles. The topological polar surface area (TPSA) is 26.0 Å². The predicted molar refractivity (Wildman–Crippen MR) is 68.3 cm³/mol. The molecule has 0 saturated heterocycles. The van der Waals surface area contributed by atoms with Gasteiger partial charge in [-0.3, -0.25) is 0 Å². The first-order valence-electron chi connectivity index (χ1n) is 4.07. The van der Waals surface area contributed by atoms with Crippen molar-refractivity contribution < 1.29 is 7.77 Å². The highest BCUT2D eigenvalue weighted by Crippen LogP contribution is 2.98. The van der Waals surface area contributed by atoms with Gasteiger partial charge in [-0.05, 0) is 17.7 Å². The molecule has 1 aromatic rings. The highest BCUT2D eigenvalue weighted by Gasteiger charge is 2.50. The van der Waals surface area contributed by atoms with Gasteiger partial charge in [-0.2, -0.15) is 7.77 Å². The van der Waals surface area contributed by atoms with E-state index < -0.39 is 6.24 Å². The van der Waals surface area contributed by atoms with E-state index in [9.17, 15) is 7.77 Å². The molecule has 0 aromatic heterocycles. The monoisotopic (exact) mass is 333 g/mol. The van der Waals surface area contributed by atoms with E-state index in [0.717, 1.165) is 18.1 Å². The van der Waals surface area contributed by atoms with Gasteiger partial charge in [-0.1, -0.05) is 12.1 Å². The molecule has 5 heteroatoms. The van der Waals surface area contributed by atoms with Crippen LogP contribution in [0.5, 0.6) is 0 Å². The summed E-state index contributed by atoms with van der Waals surface area (Å²) in [5.74, 6) is 0. The van der Waals surface area contributed by atoms with Crippen molar-refractivity contribution in [1.29, 1.82) is 0 Å². The van der Waals surface area contributed by atoms with E-state index in [-0.39, 0.29) is 4.90 Å². The van der Waals surface area contributed by atoms with E-state index in [4.69, 9.17) is 5.73 Å². The smallest absolute Gasteiger partial charge is 0.0327 e.